The maximum atomic E-state index is 13.6. The summed E-state index contributed by atoms with van der Waals surface area (Å²) in [6, 6.07) is 3.54. The van der Waals surface area contributed by atoms with Gasteiger partial charge in [-0.15, -0.1) is 0 Å². The predicted octanol–water partition coefficient (Wildman–Crippen LogP) is 4.29. The van der Waals surface area contributed by atoms with Crippen LogP contribution in [0.2, 0.25) is 0 Å². The van der Waals surface area contributed by atoms with Gasteiger partial charge >= 0.3 is 5.97 Å². The highest BCUT2D eigenvalue weighted by atomic mass is 79.9. The monoisotopic (exact) mass is 422 g/mol. The largest absolute Gasteiger partial charge is 0.462 e. The molecule has 0 fully saturated rings. The van der Waals surface area contributed by atoms with Crippen LogP contribution in [0.3, 0.4) is 0 Å². The Kier molecular flexibility index (Phi) is 7.06. The molecule has 1 aromatic rings. The Bertz CT molecular complexity index is 798. The predicted molar refractivity (Wildman–Crippen MR) is 100 cm³/mol. The molecule has 0 aromatic heterocycles. The quantitative estimate of drug-likeness (QED) is 0.507. The van der Waals surface area contributed by atoms with E-state index in [1.165, 1.54) is 19.2 Å². The minimum absolute atomic E-state index is 0.119. The Labute approximate surface area is 160 Å². The van der Waals surface area contributed by atoms with Gasteiger partial charge in [0.05, 0.1) is 30.2 Å². The van der Waals surface area contributed by atoms with Gasteiger partial charge in [-0.1, -0.05) is 28.9 Å². The van der Waals surface area contributed by atoms with Crippen molar-refractivity contribution in [3.8, 4) is 0 Å². The third-order valence-electron chi connectivity index (χ3n) is 4.05. The zero-order valence-corrected chi connectivity index (χ0v) is 16.5. The molecule has 0 amide bonds. The molecule has 0 bridgehead atoms. The van der Waals surface area contributed by atoms with Crippen LogP contribution in [0.25, 0.3) is 4.85 Å². The van der Waals surface area contributed by atoms with Crippen LogP contribution in [0.5, 0.6) is 0 Å². The summed E-state index contributed by atoms with van der Waals surface area (Å²) < 4.78 is 24.6. The molecule has 0 aliphatic carbocycles. The van der Waals surface area contributed by atoms with E-state index in [1.807, 2.05) is 6.92 Å². The van der Waals surface area contributed by atoms with E-state index in [0.29, 0.717) is 33.4 Å². The average Bonchev–Trinajstić information content (AvgIpc) is 2.59. The minimum atomic E-state index is -0.679. The van der Waals surface area contributed by atoms with Crippen molar-refractivity contribution in [2.75, 3.05) is 20.3 Å². The Balaban J connectivity index is 2.66. The second-order valence-electron chi connectivity index (χ2n) is 5.90. The first-order valence-electron chi connectivity index (χ1n) is 8.20. The van der Waals surface area contributed by atoms with Crippen LogP contribution in [-0.4, -0.2) is 38.0 Å². The van der Waals surface area contributed by atoms with Gasteiger partial charge < -0.3 is 14.3 Å². The first-order valence-corrected chi connectivity index (χ1v) is 8.99. The van der Waals surface area contributed by atoms with Crippen LogP contribution in [0.1, 0.15) is 31.7 Å². The van der Waals surface area contributed by atoms with Crippen LogP contribution in [-0.2, 0) is 14.3 Å². The third kappa shape index (κ3) is 4.19. The number of aliphatic imine (C=N–C) groups is 1. The van der Waals surface area contributed by atoms with Crippen molar-refractivity contribution < 1.29 is 18.7 Å². The fourth-order valence-corrected chi connectivity index (χ4v) is 3.53. The number of carbonyl (C=O) groups is 1. The number of esters is 1. The first kappa shape index (κ1) is 20.3. The van der Waals surface area contributed by atoms with Gasteiger partial charge in [0.2, 0.25) is 0 Å². The number of nitrogens with zero attached hydrogens (tertiary/aromatic N) is 2. The topological polar surface area (TPSA) is 52.2 Å². The molecule has 2 rings (SSSR count). The maximum Gasteiger partial charge on any atom is 0.336 e. The smallest absolute Gasteiger partial charge is 0.336 e. The number of ether oxygens (including phenoxy) is 2. The van der Waals surface area contributed by atoms with Crippen LogP contribution < -0.4 is 0 Å². The van der Waals surface area contributed by atoms with E-state index in [2.05, 4.69) is 25.8 Å². The zero-order valence-electron chi connectivity index (χ0n) is 14.9. The second kappa shape index (κ2) is 9.06. The maximum absolute atomic E-state index is 13.6. The van der Waals surface area contributed by atoms with Crippen LogP contribution >= 0.6 is 15.9 Å². The fraction of sp³-hybridized carbons (Fsp3) is 0.421. The Morgan fingerprint density at radius 2 is 2.19 bits per heavy atom. The number of hydrogen-bond donors (Lipinski definition) is 0. The van der Waals surface area contributed by atoms with Gasteiger partial charge in [-0.2, -0.15) is 0 Å². The van der Waals surface area contributed by atoms with E-state index in [4.69, 9.17) is 16.0 Å². The van der Waals surface area contributed by atoms with Gasteiger partial charge in [0.25, 0.3) is 6.04 Å². The lowest BCUT2D eigenvalue weighted by atomic mass is 9.80. The molecule has 1 aliphatic rings. The lowest BCUT2D eigenvalue weighted by molar-refractivity contribution is -0.139. The molecule has 2 atom stereocenters. The van der Waals surface area contributed by atoms with Crippen molar-refractivity contribution in [2.24, 2.45) is 4.99 Å². The number of rotatable bonds is 6. The van der Waals surface area contributed by atoms with Crippen molar-refractivity contribution in [2.45, 2.75) is 32.2 Å². The molecule has 2 unspecified atom stereocenters. The normalized spacial score (nSPS) is 19.8. The second-order valence-corrected chi connectivity index (χ2v) is 6.75. The summed E-state index contributed by atoms with van der Waals surface area (Å²) in [6.45, 7) is 11.6. The summed E-state index contributed by atoms with van der Waals surface area (Å²) in [5.41, 5.74) is 1.95. The number of carbonyl (C=O) groups excluding carboxylic acids is 1. The summed E-state index contributed by atoms with van der Waals surface area (Å²) in [5, 5.41) is 0. The van der Waals surface area contributed by atoms with Gasteiger partial charge in [-0.25, -0.2) is 15.8 Å². The number of halogens is 2. The number of methoxy groups -OCH3 is 1. The molecule has 0 saturated heterocycles. The van der Waals surface area contributed by atoms with E-state index in [1.54, 1.807) is 13.0 Å². The number of hydrogen-bond acceptors (Lipinski definition) is 4. The highest BCUT2D eigenvalue weighted by Gasteiger charge is 2.43. The van der Waals surface area contributed by atoms with E-state index in [9.17, 15) is 9.18 Å². The van der Waals surface area contributed by atoms with Gasteiger partial charge in [0.1, 0.15) is 11.7 Å². The third-order valence-corrected chi connectivity index (χ3v) is 4.74. The van der Waals surface area contributed by atoms with Gasteiger partial charge in [0, 0.05) is 11.6 Å². The van der Waals surface area contributed by atoms with Crippen molar-refractivity contribution in [3.05, 3.63) is 56.7 Å². The minimum Gasteiger partial charge on any atom is -0.462 e. The Morgan fingerprint density at radius 1 is 1.46 bits per heavy atom. The molecule has 0 N–H and O–H groups in total. The number of benzene rings is 1. The van der Waals surface area contributed by atoms with E-state index in [0.717, 1.165) is 0 Å². The van der Waals surface area contributed by atoms with Crippen molar-refractivity contribution in [1.29, 1.82) is 0 Å². The highest BCUT2D eigenvalue weighted by molar-refractivity contribution is 9.10. The van der Waals surface area contributed by atoms with Gasteiger partial charge in [-0.05, 0) is 31.0 Å². The molecular formula is C19H20BrFN2O3. The Hall–Kier alpha value is -2.04. The zero-order chi connectivity index (χ0) is 19.3. The van der Waals surface area contributed by atoms with E-state index >= 15 is 0 Å². The summed E-state index contributed by atoms with van der Waals surface area (Å²) >= 11 is 3.36. The fourth-order valence-electron chi connectivity index (χ4n) is 2.93. The molecule has 1 aliphatic heterocycles. The van der Waals surface area contributed by atoms with E-state index < -0.39 is 23.7 Å². The molecule has 26 heavy (non-hydrogen) atoms. The molecular weight excluding hydrogens is 403 g/mol. The lowest BCUT2D eigenvalue weighted by Gasteiger charge is -2.27. The SMILES string of the molecule is [C-]#[N+]C1C(C)=NC(COC)=C(C(=O)OCCC)C1c1ccc(F)cc1Br. The van der Waals surface area contributed by atoms with Crippen LogP contribution in [0, 0.1) is 12.4 Å². The van der Waals surface area contributed by atoms with Crippen LogP contribution in [0.4, 0.5) is 4.39 Å². The average molecular weight is 423 g/mol. The van der Waals surface area contributed by atoms with Gasteiger partial charge in [-0.3, -0.25) is 4.99 Å². The molecule has 5 nitrogen and oxygen atoms in total. The molecule has 138 valence electrons. The lowest BCUT2D eigenvalue weighted by Crippen LogP contribution is -2.33. The van der Waals surface area contributed by atoms with Crippen molar-refractivity contribution >= 4 is 27.6 Å². The van der Waals surface area contributed by atoms with Gasteiger partial charge in [0.15, 0.2) is 0 Å². The van der Waals surface area contributed by atoms with E-state index in [-0.39, 0.29) is 13.2 Å². The summed E-state index contributed by atoms with van der Waals surface area (Å²) in [5.74, 6) is -1.54. The molecule has 1 heterocycles. The summed E-state index contributed by atoms with van der Waals surface area (Å²) in [4.78, 5) is 20.9. The summed E-state index contributed by atoms with van der Waals surface area (Å²) in [6.07, 6.45) is 0.679. The first-order chi connectivity index (χ1) is 12.4. The summed E-state index contributed by atoms with van der Waals surface area (Å²) in [7, 11) is 1.51. The molecule has 0 radical (unpaired) electrons. The molecule has 7 heteroatoms. The van der Waals surface area contributed by atoms with Crippen LogP contribution in [0.15, 0.2) is 38.9 Å². The highest BCUT2D eigenvalue weighted by Crippen LogP contribution is 2.40. The standard InChI is InChI=1S/C19H20BrFN2O3/c1-5-8-26-19(24)17-15(10-25-4)23-11(2)18(22-3)16(17)13-7-6-12(21)9-14(13)20/h6-7,9,16,18H,5,8,10H2,1-2,4H3. The molecule has 0 saturated carbocycles. The Morgan fingerprint density at radius 3 is 2.77 bits per heavy atom. The van der Waals surface area contributed by atoms with Crippen molar-refractivity contribution in [3.63, 3.8) is 0 Å². The molecule has 0 spiro atoms. The van der Waals surface area contributed by atoms with Crippen molar-refractivity contribution in [1.82, 2.24) is 0 Å². The molecule has 1 aromatic carbocycles.